The normalized spacial score (nSPS) is 26.7. The molecule has 0 spiro atoms. The lowest BCUT2D eigenvalue weighted by atomic mass is 9.95. The molecule has 0 radical (unpaired) electrons. The molecule has 5 heteroatoms. The van der Waals surface area contributed by atoms with E-state index in [4.69, 9.17) is 11.6 Å². The summed E-state index contributed by atoms with van der Waals surface area (Å²) in [6.45, 7) is 6.31. The quantitative estimate of drug-likeness (QED) is 0.892. The predicted molar refractivity (Wildman–Crippen MR) is 91.0 cm³/mol. The van der Waals surface area contributed by atoms with E-state index in [2.05, 4.69) is 9.80 Å². The van der Waals surface area contributed by atoms with Crippen molar-refractivity contribution in [1.82, 2.24) is 9.80 Å². The maximum Gasteiger partial charge on any atom is 0.124 e. The Labute approximate surface area is 143 Å². The molecule has 2 fully saturated rings. The van der Waals surface area contributed by atoms with Crippen LogP contribution in [-0.4, -0.2) is 54.2 Å². The number of hydrogen-bond donors (Lipinski definition) is 1. The molecule has 128 valence electrons. The second-order valence-corrected chi connectivity index (χ2v) is 7.40. The summed E-state index contributed by atoms with van der Waals surface area (Å²) in [6.07, 6.45) is 3.94. The first-order chi connectivity index (χ1) is 11.2. The lowest BCUT2D eigenvalue weighted by molar-refractivity contribution is 0.149. The van der Waals surface area contributed by atoms with E-state index >= 15 is 0 Å². The smallest absolute Gasteiger partial charge is 0.124 e. The molecule has 1 aromatic carbocycles. The Morgan fingerprint density at radius 1 is 1.09 bits per heavy atom. The molecule has 1 aromatic rings. The molecular weight excluding hydrogens is 315 g/mol. The summed E-state index contributed by atoms with van der Waals surface area (Å²) in [5.41, 5.74) is 0.961. The fraction of sp³-hybridized carbons (Fsp3) is 0.667. The van der Waals surface area contributed by atoms with Crippen LogP contribution < -0.4 is 0 Å². The van der Waals surface area contributed by atoms with E-state index in [-0.39, 0.29) is 12.4 Å². The first kappa shape index (κ1) is 17.2. The molecule has 2 atom stereocenters. The van der Waals surface area contributed by atoms with E-state index in [0.717, 1.165) is 31.7 Å². The Morgan fingerprint density at radius 3 is 2.52 bits per heavy atom. The highest BCUT2D eigenvalue weighted by Gasteiger charge is 2.33. The van der Waals surface area contributed by atoms with Gasteiger partial charge in [-0.05, 0) is 55.5 Å². The van der Waals surface area contributed by atoms with Crippen LogP contribution in [0.1, 0.15) is 24.8 Å². The minimum atomic E-state index is -0.295. The summed E-state index contributed by atoms with van der Waals surface area (Å²) < 4.78 is 13.2. The van der Waals surface area contributed by atoms with Crippen LogP contribution in [0.4, 0.5) is 4.39 Å². The van der Waals surface area contributed by atoms with Crippen molar-refractivity contribution in [1.29, 1.82) is 0 Å². The Kier molecular flexibility index (Phi) is 5.91. The van der Waals surface area contributed by atoms with Gasteiger partial charge in [0.25, 0.3) is 0 Å². The third-order valence-corrected chi connectivity index (χ3v) is 5.59. The largest absolute Gasteiger partial charge is 0.396 e. The molecule has 0 aromatic heterocycles. The highest BCUT2D eigenvalue weighted by molar-refractivity contribution is 6.31. The lowest BCUT2D eigenvalue weighted by Gasteiger charge is -2.30. The van der Waals surface area contributed by atoms with Crippen molar-refractivity contribution in [2.45, 2.75) is 25.8 Å². The van der Waals surface area contributed by atoms with Gasteiger partial charge in [0.15, 0.2) is 0 Å². The molecule has 2 aliphatic rings. The number of aliphatic hydroxyl groups excluding tert-OH is 1. The maximum atomic E-state index is 13.2. The third-order valence-electron chi connectivity index (χ3n) is 5.24. The van der Waals surface area contributed by atoms with E-state index in [0.29, 0.717) is 16.9 Å². The summed E-state index contributed by atoms with van der Waals surface area (Å²) in [6, 6.07) is 4.61. The number of likely N-dealkylation sites (tertiary alicyclic amines) is 2. The number of aliphatic hydroxyl groups is 1. The van der Waals surface area contributed by atoms with Gasteiger partial charge in [-0.25, -0.2) is 4.39 Å². The van der Waals surface area contributed by atoms with Crippen molar-refractivity contribution < 1.29 is 9.50 Å². The van der Waals surface area contributed by atoms with Crippen LogP contribution >= 0.6 is 11.6 Å². The molecule has 2 saturated heterocycles. The highest BCUT2D eigenvalue weighted by Crippen LogP contribution is 2.28. The minimum absolute atomic E-state index is 0.242. The van der Waals surface area contributed by atoms with Crippen LogP contribution in [0.15, 0.2) is 18.2 Å². The second kappa shape index (κ2) is 7.93. The number of benzene rings is 1. The average molecular weight is 341 g/mol. The number of nitrogens with zero attached hydrogens (tertiary/aromatic N) is 2. The Hall–Kier alpha value is -0.680. The average Bonchev–Trinajstić information content (AvgIpc) is 2.93. The molecular formula is C18H26ClFN2O. The molecule has 2 heterocycles. The molecule has 0 unspecified atom stereocenters. The molecule has 0 aliphatic carbocycles. The zero-order valence-corrected chi connectivity index (χ0v) is 14.3. The molecule has 23 heavy (non-hydrogen) atoms. The number of hydrogen-bond acceptors (Lipinski definition) is 3. The summed E-state index contributed by atoms with van der Waals surface area (Å²) in [7, 11) is 0. The van der Waals surface area contributed by atoms with Crippen molar-refractivity contribution in [2.24, 2.45) is 11.8 Å². The molecule has 3 nitrogen and oxygen atoms in total. The maximum absolute atomic E-state index is 13.2. The molecule has 1 N–H and O–H groups in total. The number of piperidine rings is 1. The zero-order chi connectivity index (χ0) is 16.2. The number of rotatable bonds is 5. The lowest BCUT2D eigenvalue weighted by Crippen LogP contribution is -2.37. The SMILES string of the molecule is OC[C@@H]1CN(Cc2ccc(F)cc2Cl)C[C@@H]1CN1CCCCC1. The summed E-state index contributed by atoms with van der Waals surface area (Å²) in [4.78, 5) is 4.89. The summed E-state index contributed by atoms with van der Waals surface area (Å²) >= 11 is 6.15. The van der Waals surface area contributed by atoms with Crippen LogP contribution in [0, 0.1) is 17.7 Å². The molecule has 3 rings (SSSR count). The Morgan fingerprint density at radius 2 is 1.83 bits per heavy atom. The van der Waals surface area contributed by atoms with Gasteiger partial charge in [0.2, 0.25) is 0 Å². The van der Waals surface area contributed by atoms with Crippen LogP contribution in [0.25, 0.3) is 0 Å². The van der Waals surface area contributed by atoms with Crippen LogP contribution in [0.3, 0.4) is 0 Å². The summed E-state index contributed by atoms with van der Waals surface area (Å²) in [5.74, 6) is 0.546. The van der Waals surface area contributed by atoms with Gasteiger partial charge in [-0.15, -0.1) is 0 Å². The van der Waals surface area contributed by atoms with Gasteiger partial charge in [0, 0.05) is 37.8 Å². The van der Waals surface area contributed by atoms with Gasteiger partial charge in [-0.1, -0.05) is 24.1 Å². The monoisotopic (exact) mass is 340 g/mol. The molecule has 0 saturated carbocycles. The first-order valence-electron chi connectivity index (χ1n) is 8.65. The fourth-order valence-electron chi connectivity index (χ4n) is 3.94. The van der Waals surface area contributed by atoms with Crippen molar-refractivity contribution in [3.63, 3.8) is 0 Å². The minimum Gasteiger partial charge on any atom is -0.396 e. The van der Waals surface area contributed by atoms with Crippen molar-refractivity contribution in [2.75, 3.05) is 39.3 Å². The van der Waals surface area contributed by atoms with E-state index in [1.54, 1.807) is 6.07 Å². The van der Waals surface area contributed by atoms with E-state index in [9.17, 15) is 9.50 Å². The van der Waals surface area contributed by atoms with Gasteiger partial charge in [-0.3, -0.25) is 4.90 Å². The zero-order valence-electron chi connectivity index (χ0n) is 13.6. The number of halogens is 2. The highest BCUT2D eigenvalue weighted by atomic mass is 35.5. The van der Waals surface area contributed by atoms with Gasteiger partial charge >= 0.3 is 0 Å². The topological polar surface area (TPSA) is 26.7 Å². The Balaban J connectivity index is 1.59. The molecule has 0 amide bonds. The van der Waals surface area contributed by atoms with E-state index in [1.807, 2.05) is 0 Å². The van der Waals surface area contributed by atoms with E-state index in [1.165, 1.54) is 44.5 Å². The third kappa shape index (κ3) is 4.44. The van der Waals surface area contributed by atoms with Crippen LogP contribution in [0.2, 0.25) is 5.02 Å². The van der Waals surface area contributed by atoms with Crippen LogP contribution in [-0.2, 0) is 6.54 Å². The van der Waals surface area contributed by atoms with Crippen LogP contribution in [0.5, 0.6) is 0 Å². The summed E-state index contributed by atoms with van der Waals surface area (Å²) in [5, 5.41) is 10.2. The van der Waals surface area contributed by atoms with Crippen molar-refractivity contribution in [3.05, 3.63) is 34.6 Å². The van der Waals surface area contributed by atoms with Crippen molar-refractivity contribution in [3.8, 4) is 0 Å². The van der Waals surface area contributed by atoms with Gasteiger partial charge in [0.1, 0.15) is 5.82 Å². The van der Waals surface area contributed by atoms with Crippen molar-refractivity contribution >= 4 is 11.6 Å². The van der Waals surface area contributed by atoms with E-state index < -0.39 is 0 Å². The first-order valence-corrected chi connectivity index (χ1v) is 9.03. The predicted octanol–water partition coefficient (Wildman–Crippen LogP) is 3.01. The fourth-order valence-corrected chi connectivity index (χ4v) is 4.17. The second-order valence-electron chi connectivity index (χ2n) is 6.99. The van der Waals surface area contributed by atoms with Gasteiger partial charge in [0.05, 0.1) is 0 Å². The van der Waals surface area contributed by atoms with Gasteiger partial charge in [-0.2, -0.15) is 0 Å². The standard InChI is InChI=1S/C18H26ClFN2O/c19-18-8-17(20)5-4-14(18)9-22-11-15(16(12-22)13-23)10-21-6-2-1-3-7-21/h4-5,8,15-16,23H,1-3,6-7,9-13H2/t15-,16-/m0/s1. The molecule has 0 bridgehead atoms. The molecule has 2 aliphatic heterocycles. The Bertz CT molecular complexity index is 522. The van der Waals surface area contributed by atoms with Gasteiger partial charge < -0.3 is 10.0 Å².